The van der Waals surface area contributed by atoms with E-state index in [0.29, 0.717) is 12.0 Å². The zero-order chi connectivity index (χ0) is 14.8. The summed E-state index contributed by atoms with van der Waals surface area (Å²) in [5.41, 5.74) is 1.79. The highest BCUT2D eigenvalue weighted by molar-refractivity contribution is 7.89. The number of nitrogens with zero attached hydrogens (tertiary/aromatic N) is 1. The Bertz CT molecular complexity index is 692. The van der Waals surface area contributed by atoms with Gasteiger partial charge in [-0.3, -0.25) is 0 Å². The fourth-order valence-corrected chi connectivity index (χ4v) is 3.27. The number of hydrogen-bond acceptors (Lipinski definition) is 3. The molecular weight excluding hydrogens is 276 g/mol. The molecule has 0 spiro atoms. The molecule has 0 bridgehead atoms. The number of aryl methyl sites for hydroxylation is 1. The fraction of sp³-hybridized carbons (Fsp3) is 0.429. The first-order chi connectivity index (χ1) is 9.43. The minimum atomic E-state index is -3.29. The summed E-state index contributed by atoms with van der Waals surface area (Å²) >= 11 is 0. The van der Waals surface area contributed by atoms with E-state index in [0.717, 1.165) is 10.9 Å². The number of aromatic nitrogens is 1. The van der Waals surface area contributed by atoms with Crippen molar-refractivity contribution >= 4 is 20.9 Å². The average Bonchev–Trinajstić information content (AvgIpc) is 2.77. The molecule has 1 unspecified atom stereocenters. The van der Waals surface area contributed by atoms with Crippen LogP contribution in [0.5, 0.6) is 0 Å². The van der Waals surface area contributed by atoms with Crippen molar-refractivity contribution in [3.8, 4) is 0 Å². The van der Waals surface area contributed by atoms with E-state index in [4.69, 9.17) is 0 Å². The number of aliphatic hydroxyl groups is 1. The van der Waals surface area contributed by atoms with E-state index in [1.54, 1.807) is 6.92 Å². The molecule has 0 saturated heterocycles. The third-order valence-electron chi connectivity index (χ3n) is 3.26. The summed E-state index contributed by atoms with van der Waals surface area (Å²) in [6, 6.07) is 7.59. The summed E-state index contributed by atoms with van der Waals surface area (Å²) < 4.78 is 27.5. The van der Waals surface area contributed by atoms with E-state index < -0.39 is 16.1 Å². The van der Waals surface area contributed by atoms with Crippen molar-refractivity contribution in [2.75, 3.05) is 12.3 Å². The van der Waals surface area contributed by atoms with E-state index in [9.17, 15) is 13.5 Å². The molecule has 0 aliphatic rings. The van der Waals surface area contributed by atoms with Gasteiger partial charge < -0.3 is 9.67 Å². The Labute approximate surface area is 119 Å². The summed E-state index contributed by atoms with van der Waals surface area (Å²) in [6.07, 6.45) is 1.66. The topological polar surface area (TPSA) is 71.3 Å². The van der Waals surface area contributed by atoms with Gasteiger partial charge in [-0.25, -0.2) is 13.1 Å². The van der Waals surface area contributed by atoms with Crippen molar-refractivity contribution in [1.82, 2.24) is 9.29 Å². The van der Waals surface area contributed by atoms with Gasteiger partial charge in [-0.05, 0) is 35.6 Å². The molecule has 110 valence electrons. The van der Waals surface area contributed by atoms with Crippen molar-refractivity contribution in [3.63, 3.8) is 0 Å². The van der Waals surface area contributed by atoms with Gasteiger partial charge in [0.15, 0.2) is 0 Å². The molecule has 1 aromatic heterocycles. The van der Waals surface area contributed by atoms with E-state index >= 15 is 0 Å². The SMILES string of the molecule is CCCS(=O)(=O)NCC(O)c1ccc2c(ccn2C)c1. The van der Waals surface area contributed by atoms with Crippen molar-refractivity contribution in [3.05, 3.63) is 36.0 Å². The van der Waals surface area contributed by atoms with Crippen LogP contribution in [0.3, 0.4) is 0 Å². The molecule has 0 fully saturated rings. The molecule has 0 aliphatic carbocycles. The molecule has 1 aromatic carbocycles. The van der Waals surface area contributed by atoms with Gasteiger partial charge in [0, 0.05) is 25.3 Å². The summed E-state index contributed by atoms with van der Waals surface area (Å²) in [5.74, 6) is 0.0808. The standard InChI is InChI=1S/C14H20N2O3S/c1-3-8-20(18,19)15-10-14(17)12-4-5-13-11(9-12)6-7-16(13)2/h4-7,9,14-15,17H,3,8,10H2,1-2H3. The first kappa shape index (κ1) is 15.0. The highest BCUT2D eigenvalue weighted by atomic mass is 32.2. The number of nitrogens with one attached hydrogen (secondary N) is 1. The van der Waals surface area contributed by atoms with Gasteiger partial charge in [-0.1, -0.05) is 13.0 Å². The molecule has 1 heterocycles. The lowest BCUT2D eigenvalue weighted by Crippen LogP contribution is -2.30. The van der Waals surface area contributed by atoms with Crippen molar-refractivity contribution in [2.24, 2.45) is 7.05 Å². The number of hydrogen-bond donors (Lipinski definition) is 2. The van der Waals surface area contributed by atoms with Gasteiger partial charge >= 0.3 is 0 Å². The lowest BCUT2D eigenvalue weighted by Gasteiger charge is -2.12. The summed E-state index contributed by atoms with van der Waals surface area (Å²) in [7, 11) is -1.33. The minimum Gasteiger partial charge on any atom is -0.387 e. The fourth-order valence-electron chi connectivity index (χ4n) is 2.17. The zero-order valence-corrected chi connectivity index (χ0v) is 12.5. The van der Waals surface area contributed by atoms with Crippen molar-refractivity contribution in [2.45, 2.75) is 19.4 Å². The second kappa shape index (κ2) is 5.95. The number of sulfonamides is 1. The van der Waals surface area contributed by atoms with Gasteiger partial charge in [0.25, 0.3) is 0 Å². The molecule has 0 saturated carbocycles. The van der Waals surface area contributed by atoms with Gasteiger partial charge in [0.1, 0.15) is 0 Å². The predicted molar refractivity (Wildman–Crippen MR) is 80.0 cm³/mol. The third kappa shape index (κ3) is 3.39. The van der Waals surface area contributed by atoms with Crippen LogP contribution < -0.4 is 4.72 Å². The quantitative estimate of drug-likeness (QED) is 0.849. The molecule has 0 aliphatic heterocycles. The molecule has 2 aromatic rings. The number of aliphatic hydroxyl groups excluding tert-OH is 1. The monoisotopic (exact) mass is 296 g/mol. The predicted octanol–water partition coefficient (Wildman–Crippen LogP) is 1.54. The van der Waals surface area contributed by atoms with Crippen LogP contribution in [0.15, 0.2) is 30.5 Å². The Morgan fingerprint density at radius 2 is 2.10 bits per heavy atom. The number of benzene rings is 1. The van der Waals surface area contributed by atoms with Gasteiger partial charge in [0.2, 0.25) is 10.0 Å². The van der Waals surface area contributed by atoms with Crippen LogP contribution >= 0.6 is 0 Å². The Kier molecular flexibility index (Phi) is 4.47. The van der Waals surface area contributed by atoms with Gasteiger partial charge in [-0.15, -0.1) is 0 Å². The summed E-state index contributed by atoms with van der Waals surface area (Å²) in [5, 5.41) is 11.1. The maximum Gasteiger partial charge on any atom is 0.211 e. The van der Waals surface area contributed by atoms with E-state index in [1.165, 1.54) is 0 Å². The minimum absolute atomic E-state index is 0.000668. The van der Waals surface area contributed by atoms with E-state index in [-0.39, 0.29) is 12.3 Å². The molecule has 5 nitrogen and oxygen atoms in total. The first-order valence-electron chi connectivity index (χ1n) is 6.63. The summed E-state index contributed by atoms with van der Waals surface area (Å²) in [6.45, 7) is 1.81. The Hall–Kier alpha value is -1.37. The molecule has 0 radical (unpaired) electrons. The highest BCUT2D eigenvalue weighted by Crippen LogP contribution is 2.20. The lowest BCUT2D eigenvalue weighted by molar-refractivity contribution is 0.182. The van der Waals surface area contributed by atoms with Crippen LogP contribution in [0.1, 0.15) is 25.0 Å². The molecule has 6 heteroatoms. The van der Waals surface area contributed by atoms with Gasteiger partial charge in [0.05, 0.1) is 11.9 Å². The van der Waals surface area contributed by atoms with Crippen molar-refractivity contribution in [1.29, 1.82) is 0 Å². The Morgan fingerprint density at radius 3 is 2.80 bits per heavy atom. The lowest BCUT2D eigenvalue weighted by atomic mass is 10.1. The van der Waals surface area contributed by atoms with Crippen LogP contribution in [0.4, 0.5) is 0 Å². The van der Waals surface area contributed by atoms with E-state index in [1.807, 2.05) is 42.1 Å². The van der Waals surface area contributed by atoms with Crippen LogP contribution in [0.2, 0.25) is 0 Å². The Morgan fingerprint density at radius 1 is 1.35 bits per heavy atom. The summed E-state index contributed by atoms with van der Waals surface area (Å²) in [4.78, 5) is 0. The average molecular weight is 296 g/mol. The number of fused-ring (bicyclic) bond motifs is 1. The van der Waals surface area contributed by atoms with Crippen molar-refractivity contribution < 1.29 is 13.5 Å². The molecule has 0 amide bonds. The molecule has 20 heavy (non-hydrogen) atoms. The van der Waals surface area contributed by atoms with Crippen LogP contribution in [-0.2, 0) is 17.1 Å². The molecular formula is C14H20N2O3S. The van der Waals surface area contributed by atoms with Gasteiger partial charge in [-0.2, -0.15) is 0 Å². The molecule has 2 rings (SSSR count). The molecule has 2 N–H and O–H groups in total. The molecule has 1 atom stereocenters. The first-order valence-corrected chi connectivity index (χ1v) is 8.28. The van der Waals surface area contributed by atoms with Crippen LogP contribution in [0, 0.1) is 0 Å². The van der Waals surface area contributed by atoms with Crippen LogP contribution in [0.25, 0.3) is 10.9 Å². The Balaban J connectivity index is 2.09. The maximum absolute atomic E-state index is 11.6. The normalized spacial score (nSPS) is 13.8. The maximum atomic E-state index is 11.6. The smallest absolute Gasteiger partial charge is 0.211 e. The van der Waals surface area contributed by atoms with E-state index in [2.05, 4.69) is 4.72 Å². The zero-order valence-electron chi connectivity index (χ0n) is 11.7. The second-order valence-corrected chi connectivity index (χ2v) is 6.85. The number of rotatable bonds is 6. The largest absolute Gasteiger partial charge is 0.387 e. The second-order valence-electron chi connectivity index (χ2n) is 4.93. The highest BCUT2D eigenvalue weighted by Gasteiger charge is 2.14. The van der Waals surface area contributed by atoms with Crippen LogP contribution in [-0.4, -0.2) is 30.4 Å². The third-order valence-corrected chi connectivity index (χ3v) is 4.82.